The van der Waals surface area contributed by atoms with Crippen LogP contribution in [0.4, 0.5) is 0 Å². The van der Waals surface area contributed by atoms with Gasteiger partial charge in [-0.2, -0.15) is 0 Å². The largest absolute Gasteiger partial charge is 0.506 e. The zero-order valence-electron chi connectivity index (χ0n) is 9.23. The van der Waals surface area contributed by atoms with Crippen LogP contribution < -0.4 is 5.32 Å². The van der Waals surface area contributed by atoms with E-state index in [2.05, 4.69) is 21.2 Å². The van der Waals surface area contributed by atoms with E-state index in [1.807, 2.05) is 0 Å². The topological polar surface area (TPSA) is 93.0 Å². The third-order valence-corrected chi connectivity index (χ3v) is 3.27. The number of phenols is 1. The van der Waals surface area contributed by atoms with E-state index < -0.39 is 25.4 Å². The van der Waals surface area contributed by atoms with E-state index in [4.69, 9.17) is 15.3 Å². The number of hydrogen-bond donors (Lipinski definition) is 5. The highest BCUT2D eigenvalue weighted by Crippen LogP contribution is 2.27. The maximum Gasteiger partial charge on any atom is 0.134 e. The van der Waals surface area contributed by atoms with Gasteiger partial charge >= 0.3 is 0 Å². The minimum absolute atomic E-state index is 0.0997. The Labute approximate surface area is 108 Å². The van der Waals surface area contributed by atoms with E-state index in [1.54, 1.807) is 18.2 Å². The standard InChI is InChI=1S/C11H16BrNO4/c12-9-3-1-2-8(10(9)17)4-13-11(5-14,6-15)7-16/h1-3,13-17H,4-7H2. The van der Waals surface area contributed by atoms with Crippen molar-refractivity contribution in [3.63, 3.8) is 0 Å². The van der Waals surface area contributed by atoms with Crippen molar-refractivity contribution in [2.24, 2.45) is 0 Å². The number of para-hydroxylation sites is 1. The van der Waals surface area contributed by atoms with Crippen LogP contribution in [0, 0.1) is 0 Å². The van der Waals surface area contributed by atoms with Crippen molar-refractivity contribution in [1.82, 2.24) is 5.32 Å². The lowest BCUT2D eigenvalue weighted by Crippen LogP contribution is -2.54. The van der Waals surface area contributed by atoms with Gasteiger partial charge in [0.2, 0.25) is 0 Å². The van der Waals surface area contributed by atoms with Crippen molar-refractivity contribution in [2.75, 3.05) is 19.8 Å². The Balaban J connectivity index is 2.75. The van der Waals surface area contributed by atoms with Crippen LogP contribution in [0.15, 0.2) is 22.7 Å². The minimum Gasteiger partial charge on any atom is -0.506 e. The Morgan fingerprint density at radius 3 is 2.24 bits per heavy atom. The predicted octanol–water partition coefficient (Wildman–Crippen LogP) is -0.0400. The molecule has 0 unspecified atom stereocenters. The Kier molecular flexibility index (Phi) is 5.35. The van der Waals surface area contributed by atoms with Crippen LogP contribution in [0.2, 0.25) is 0 Å². The number of nitrogens with one attached hydrogen (secondary N) is 1. The SMILES string of the molecule is OCC(CO)(CO)NCc1cccc(Br)c1O. The van der Waals surface area contributed by atoms with E-state index in [9.17, 15) is 5.11 Å². The number of aliphatic hydroxyl groups excluding tert-OH is 3. The lowest BCUT2D eigenvalue weighted by molar-refractivity contribution is 0.0412. The first-order valence-electron chi connectivity index (χ1n) is 5.12. The molecule has 6 heteroatoms. The molecule has 0 saturated heterocycles. The summed E-state index contributed by atoms with van der Waals surface area (Å²) in [5.74, 6) is 0.0997. The smallest absolute Gasteiger partial charge is 0.134 e. The van der Waals surface area contributed by atoms with Gasteiger partial charge in [-0.3, -0.25) is 0 Å². The zero-order chi connectivity index (χ0) is 12.9. The van der Waals surface area contributed by atoms with E-state index in [1.165, 1.54) is 0 Å². The number of phenolic OH excluding ortho intramolecular Hbond substituents is 1. The molecule has 5 nitrogen and oxygen atoms in total. The summed E-state index contributed by atoms with van der Waals surface area (Å²) in [7, 11) is 0. The van der Waals surface area contributed by atoms with Gasteiger partial charge in [0.25, 0.3) is 0 Å². The maximum atomic E-state index is 9.74. The summed E-state index contributed by atoms with van der Waals surface area (Å²) < 4.78 is 0.569. The second kappa shape index (κ2) is 6.32. The molecule has 0 atom stereocenters. The van der Waals surface area contributed by atoms with Crippen LogP contribution in [-0.2, 0) is 6.54 Å². The molecule has 0 heterocycles. The van der Waals surface area contributed by atoms with Gasteiger partial charge in [0.1, 0.15) is 5.75 Å². The second-order valence-electron chi connectivity index (χ2n) is 3.86. The summed E-state index contributed by atoms with van der Waals surface area (Å²) in [5, 5.41) is 39.9. The predicted molar refractivity (Wildman–Crippen MR) is 66.6 cm³/mol. The Hall–Kier alpha value is -0.660. The second-order valence-corrected chi connectivity index (χ2v) is 4.71. The van der Waals surface area contributed by atoms with Crippen LogP contribution in [0.25, 0.3) is 0 Å². The Morgan fingerprint density at radius 1 is 1.12 bits per heavy atom. The van der Waals surface area contributed by atoms with Crippen molar-refractivity contribution in [3.8, 4) is 5.75 Å². The van der Waals surface area contributed by atoms with E-state index in [0.717, 1.165) is 0 Å². The summed E-state index contributed by atoms with van der Waals surface area (Å²) in [5.41, 5.74) is -0.534. The molecular formula is C11H16BrNO4. The van der Waals surface area contributed by atoms with Crippen LogP contribution >= 0.6 is 15.9 Å². The molecule has 0 bridgehead atoms. The first kappa shape index (κ1) is 14.4. The van der Waals surface area contributed by atoms with Gasteiger partial charge in [-0.15, -0.1) is 0 Å². The van der Waals surface area contributed by atoms with Crippen molar-refractivity contribution in [2.45, 2.75) is 12.1 Å². The number of hydrogen-bond acceptors (Lipinski definition) is 5. The van der Waals surface area contributed by atoms with Crippen molar-refractivity contribution in [3.05, 3.63) is 28.2 Å². The molecular weight excluding hydrogens is 290 g/mol. The van der Waals surface area contributed by atoms with E-state index in [0.29, 0.717) is 10.0 Å². The number of aliphatic hydroxyl groups is 3. The molecule has 0 aliphatic carbocycles. The lowest BCUT2D eigenvalue weighted by Gasteiger charge is -2.29. The minimum atomic E-state index is -1.14. The molecule has 5 N–H and O–H groups in total. The Bertz CT molecular complexity index is 360. The monoisotopic (exact) mass is 305 g/mol. The molecule has 1 rings (SSSR count). The first-order valence-corrected chi connectivity index (χ1v) is 5.92. The van der Waals surface area contributed by atoms with Crippen molar-refractivity contribution >= 4 is 15.9 Å². The molecule has 0 aliphatic rings. The van der Waals surface area contributed by atoms with Gasteiger partial charge in [-0.05, 0) is 22.0 Å². The molecule has 0 fully saturated rings. The van der Waals surface area contributed by atoms with Gasteiger partial charge in [0, 0.05) is 12.1 Å². The van der Waals surface area contributed by atoms with Crippen LogP contribution in [0.5, 0.6) is 5.75 Å². The normalized spacial score (nSPS) is 11.8. The van der Waals surface area contributed by atoms with Gasteiger partial charge in [0.05, 0.1) is 29.8 Å². The average Bonchev–Trinajstić information content (AvgIpc) is 2.36. The zero-order valence-corrected chi connectivity index (χ0v) is 10.8. The highest BCUT2D eigenvalue weighted by molar-refractivity contribution is 9.10. The lowest BCUT2D eigenvalue weighted by atomic mass is 10.0. The highest BCUT2D eigenvalue weighted by atomic mass is 79.9. The Morgan fingerprint density at radius 2 is 1.71 bits per heavy atom. The molecule has 0 saturated carbocycles. The van der Waals surface area contributed by atoms with Gasteiger partial charge in [-0.25, -0.2) is 0 Å². The number of benzene rings is 1. The van der Waals surface area contributed by atoms with Gasteiger partial charge < -0.3 is 25.7 Å². The van der Waals surface area contributed by atoms with E-state index >= 15 is 0 Å². The fraction of sp³-hybridized carbons (Fsp3) is 0.455. The molecule has 0 spiro atoms. The summed E-state index contributed by atoms with van der Waals surface area (Å²) in [6.07, 6.45) is 0. The fourth-order valence-corrected chi connectivity index (χ4v) is 1.71. The molecule has 96 valence electrons. The van der Waals surface area contributed by atoms with Crippen LogP contribution in [0.3, 0.4) is 0 Å². The molecule has 0 amide bonds. The molecule has 0 aromatic heterocycles. The maximum absolute atomic E-state index is 9.74. The first-order chi connectivity index (χ1) is 8.08. The summed E-state index contributed by atoms with van der Waals surface area (Å²) in [6, 6.07) is 5.18. The summed E-state index contributed by atoms with van der Waals surface area (Å²) in [6.45, 7) is -0.953. The molecule has 17 heavy (non-hydrogen) atoms. The quantitative estimate of drug-likeness (QED) is 0.508. The highest BCUT2D eigenvalue weighted by Gasteiger charge is 2.27. The molecule has 1 aromatic rings. The average molecular weight is 306 g/mol. The fourth-order valence-electron chi connectivity index (χ4n) is 1.30. The number of aromatic hydroxyl groups is 1. The van der Waals surface area contributed by atoms with E-state index in [-0.39, 0.29) is 12.3 Å². The van der Waals surface area contributed by atoms with Gasteiger partial charge in [-0.1, -0.05) is 12.1 Å². The van der Waals surface area contributed by atoms with Crippen LogP contribution in [0.1, 0.15) is 5.56 Å². The number of halogens is 1. The third kappa shape index (κ3) is 3.40. The van der Waals surface area contributed by atoms with Crippen molar-refractivity contribution < 1.29 is 20.4 Å². The summed E-state index contributed by atoms with van der Waals surface area (Å²) >= 11 is 3.19. The van der Waals surface area contributed by atoms with Gasteiger partial charge in [0.15, 0.2) is 0 Å². The van der Waals surface area contributed by atoms with Crippen LogP contribution in [-0.4, -0.2) is 45.8 Å². The molecule has 1 aromatic carbocycles. The number of rotatable bonds is 6. The van der Waals surface area contributed by atoms with Crippen molar-refractivity contribution in [1.29, 1.82) is 0 Å². The summed E-state index contributed by atoms with van der Waals surface area (Å²) in [4.78, 5) is 0. The molecule has 0 radical (unpaired) electrons. The molecule has 0 aliphatic heterocycles. The third-order valence-electron chi connectivity index (χ3n) is 2.63.